The van der Waals surface area contributed by atoms with Gasteiger partial charge in [-0.3, -0.25) is 14.8 Å². The molecule has 1 saturated heterocycles. The maximum atomic E-state index is 11.5. The van der Waals surface area contributed by atoms with Crippen molar-refractivity contribution in [3.63, 3.8) is 0 Å². The lowest BCUT2D eigenvalue weighted by atomic mass is 9.96. The summed E-state index contributed by atoms with van der Waals surface area (Å²) in [5.74, 6) is -0.101. The Hall–Kier alpha value is -4.04. The molecule has 0 spiro atoms. The van der Waals surface area contributed by atoms with Crippen LogP contribution in [-0.2, 0) is 11.3 Å². The summed E-state index contributed by atoms with van der Waals surface area (Å²) in [5, 5.41) is 7.00. The maximum absolute atomic E-state index is 11.5. The van der Waals surface area contributed by atoms with Gasteiger partial charge in [-0.25, -0.2) is 0 Å². The first-order valence-electron chi connectivity index (χ1n) is 11.9. The van der Waals surface area contributed by atoms with Crippen LogP contribution in [0.2, 0.25) is 0 Å². The molecule has 1 aliphatic heterocycles. The molecule has 4 aromatic rings. The molecule has 3 aromatic heterocycles. The van der Waals surface area contributed by atoms with E-state index in [1.807, 2.05) is 73.2 Å². The van der Waals surface area contributed by atoms with Gasteiger partial charge in [-0.2, -0.15) is 0 Å². The third-order valence-corrected chi connectivity index (χ3v) is 6.90. The maximum Gasteiger partial charge on any atom is 0.221 e. The van der Waals surface area contributed by atoms with Gasteiger partial charge in [0.1, 0.15) is 0 Å². The van der Waals surface area contributed by atoms with Crippen molar-refractivity contribution in [3.8, 4) is 0 Å². The Labute approximate surface area is 216 Å². The first-order chi connectivity index (χ1) is 17.4. The summed E-state index contributed by atoms with van der Waals surface area (Å²) in [5.41, 5.74) is 7.38. The van der Waals surface area contributed by atoms with Gasteiger partial charge in [0.25, 0.3) is 0 Å². The smallest absolute Gasteiger partial charge is 0.221 e. The highest BCUT2D eigenvalue weighted by molar-refractivity contribution is 7.80. The molecule has 0 unspecified atom stereocenters. The number of carbonyl (C=O) groups excluding carboxylic acids is 1. The number of benzene rings is 1. The molecule has 0 radical (unpaired) electrons. The quantitative estimate of drug-likeness (QED) is 0.363. The number of nitrogens with zero attached hydrogens (tertiary/aromatic N) is 4. The summed E-state index contributed by atoms with van der Waals surface area (Å²) in [6, 6.07) is 19.9. The van der Waals surface area contributed by atoms with Gasteiger partial charge in [-0.05, 0) is 91.8 Å². The fourth-order valence-electron chi connectivity index (χ4n) is 4.90. The van der Waals surface area contributed by atoms with E-state index in [0.29, 0.717) is 5.11 Å². The van der Waals surface area contributed by atoms with E-state index in [1.165, 1.54) is 29.4 Å². The van der Waals surface area contributed by atoms with Gasteiger partial charge < -0.3 is 20.1 Å². The minimum absolute atomic E-state index is 0.101. The van der Waals surface area contributed by atoms with Crippen LogP contribution in [0.4, 0.5) is 11.4 Å². The summed E-state index contributed by atoms with van der Waals surface area (Å²) in [4.78, 5) is 22.4. The van der Waals surface area contributed by atoms with Gasteiger partial charge in [0.05, 0.1) is 17.8 Å². The molecule has 0 aliphatic carbocycles. The zero-order valence-electron chi connectivity index (χ0n) is 20.5. The second kappa shape index (κ2) is 9.91. The summed E-state index contributed by atoms with van der Waals surface area (Å²) in [6.45, 7) is 6.58. The van der Waals surface area contributed by atoms with Crippen molar-refractivity contribution in [1.29, 1.82) is 0 Å². The van der Waals surface area contributed by atoms with E-state index in [0.717, 1.165) is 23.6 Å². The molecule has 5 rings (SSSR count). The average Bonchev–Trinajstić information content (AvgIpc) is 3.36. The normalized spacial score (nSPS) is 17.2. The summed E-state index contributed by atoms with van der Waals surface area (Å²) >= 11 is 5.87. The zero-order valence-corrected chi connectivity index (χ0v) is 21.3. The van der Waals surface area contributed by atoms with Crippen molar-refractivity contribution in [1.82, 2.24) is 19.9 Å². The number of aromatic nitrogens is 3. The molecule has 1 aliphatic rings. The van der Waals surface area contributed by atoms with Crippen LogP contribution in [0.5, 0.6) is 0 Å². The zero-order chi connectivity index (χ0) is 25.2. The highest BCUT2D eigenvalue weighted by Crippen LogP contribution is 2.43. The van der Waals surface area contributed by atoms with Crippen molar-refractivity contribution in [3.05, 3.63) is 107 Å². The van der Waals surface area contributed by atoms with Crippen LogP contribution in [0, 0.1) is 13.8 Å². The number of amides is 1. The van der Waals surface area contributed by atoms with Crippen molar-refractivity contribution < 1.29 is 4.79 Å². The minimum atomic E-state index is -0.122. The van der Waals surface area contributed by atoms with Crippen molar-refractivity contribution in [2.24, 2.45) is 0 Å². The van der Waals surface area contributed by atoms with E-state index in [-0.39, 0.29) is 18.0 Å². The van der Waals surface area contributed by atoms with Crippen LogP contribution >= 0.6 is 12.2 Å². The molecule has 2 atom stereocenters. The van der Waals surface area contributed by atoms with Crippen molar-refractivity contribution in [2.45, 2.75) is 39.4 Å². The number of thiocarbonyl (C=S) groups is 1. The number of pyridine rings is 2. The predicted octanol–water partition coefficient (Wildman–Crippen LogP) is 5.08. The molecule has 2 N–H and O–H groups in total. The van der Waals surface area contributed by atoms with Gasteiger partial charge >= 0.3 is 0 Å². The Balaban J connectivity index is 1.58. The molecule has 0 bridgehead atoms. The predicted molar refractivity (Wildman–Crippen MR) is 146 cm³/mol. The van der Waals surface area contributed by atoms with E-state index >= 15 is 0 Å². The first-order valence-corrected chi connectivity index (χ1v) is 12.3. The van der Waals surface area contributed by atoms with Gasteiger partial charge in [0.2, 0.25) is 5.91 Å². The van der Waals surface area contributed by atoms with Crippen molar-refractivity contribution in [2.75, 3.05) is 10.2 Å². The van der Waals surface area contributed by atoms with Crippen LogP contribution in [0.15, 0.2) is 79.3 Å². The van der Waals surface area contributed by atoms with Gasteiger partial charge in [0.15, 0.2) is 5.11 Å². The first kappa shape index (κ1) is 23.7. The van der Waals surface area contributed by atoms with Crippen LogP contribution in [0.1, 0.15) is 47.2 Å². The lowest BCUT2D eigenvalue weighted by Crippen LogP contribution is -2.29. The van der Waals surface area contributed by atoms with E-state index in [1.54, 1.807) is 0 Å². The monoisotopic (exact) mass is 496 g/mol. The van der Waals surface area contributed by atoms with Crippen LogP contribution in [0.25, 0.3) is 0 Å². The fraction of sp³-hybridized carbons (Fsp3) is 0.214. The van der Waals surface area contributed by atoms with E-state index in [4.69, 9.17) is 12.2 Å². The molecule has 4 heterocycles. The summed E-state index contributed by atoms with van der Waals surface area (Å²) < 4.78 is 2.33. The van der Waals surface area contributed by atoms with Gasteiger partial charge in [-0.15, -0.1) is 0 Å². The highest BCUT2D eigenvalue weighted by atomic mass is 32.1. The molecule has 7 nitrogen and oxygen atoms in total. The number of hydrogen-bond donors (Lipinski definition) is 2. The Morgan fingerprint density at radius 3 is 2.47 bits per heavy atom. The summed E-state index contributed by atoms with van der Waals surface area (Å²) in [7, 11) is 0. The highest BCUT2D eigenvalue weighted by Gasteiger charge is 2.42. The lowest BCUT2D eigenvalue weighted by Gasteiger charge is -2.28. The molecule has 1 fully saturated rings. The molecule has 182 valence electrons. The molecule has 8 heteroatoms. The second-order valence-electron chi connectivity index (χ2n) is 8.99. The molecular formula is C28H28N6OS. The Morgan fingerprint density at radius 1 is 1.06 bits per heavy atom. The third-order valence-electron chi connectivity index (χ3n) is 6.59. The fourth-order valence-corrected chi connectivity index (χ4v) is 5.24. The molecule has 1 amide bonds. The van der Waals surface area contributed by atoms with E-state index in [9.17, 15) is 4.79 Å². The summed E-state index contributed by atoms with van der Waals surface area (Å²) in [6.07, 6.45) is 5.47. The Kier molecular flexibility index (Phi) is 6.52. The standard InChI is InChI=1S/C28H28N6OS/c1-18-16-24(19(2)33(18)17-21-11-14-29-15-12-21)27-26(25-6-4-5-13-30-25)32-28(36)34(27)23-9-7-22(8-10-23)31-20(3)35/h4-16,26-27H,17H2,1-3H3,(H,31,35)(H,32,36)/t26-,27+/m0/s1. The van der Waals surface area contributed by atoms with Crippen molar-refractivity contribution >= 4 is 34.6 Å². The van der Waals surface area contributed by atoms with E-state index in [2.05, 4.69) is 50.0 Å². The number of rotatable bonds is 6. The second-order valence-corrected chi connectivity index (χ2v) is 9.38. The molecule has 1 aromatic carbocycles. The van der Waals surface area contributed by atoms with Crippen LogP contribution in [-0.4, -0.2) is 25.6 Å². The average molecular weight is 497 g/mol. The Bertz CT molecular complexity index is 1390. The number of carbonyl (C=O) groups is 1. The molecule has 0 saturated carbocycles. The topological polar surface area (TPSA) is 75.1 Å². The van der Waals surface area contributed by atoms with Gasteiger partial charge in [-0.1, -0.05) is 6.07 Å². The molecular weight excluding hydrogens is 468 g/mol. The third kappa shape index (κ3) is 4.59. The number of nitrogens with one attached hydrogen (secondary N) is 2. The van der Waals surface area contributed by atoms with E-state index < -0.39 is 0 Å². The number of anilines is 2. The van der Waals surface area contributed by atoms with Crippen LogP contribution < -0.4 is 15.5 Å². The number of aryl methyl sites for hydroxylation is 1. The largest absolute Gasteiger partial charge is 0.351 e. The Morgan fingerprint density at radius 2 is 1.81 bits per heavy atom. The number of hydrogen-bond acceptors (Lipinski definition) is 4. The lowest BCUT2D eigenvalue weighted by molar-refractivity contribution is -0.114. The molecule has 36 heavy (non-hydrogen) atoms. The van der Waals surface area contributed by atoms with Crippen LogP contribution in [0.3, 0.4) is 0 Å². The SMILES string of the molecule is CC(=O)Nc1ccc(N2C(=S)N[C@@H](c3ccccn3)[C@H]2c2cc(C)n(Cc3ccncc3)c2C)cc1. The minimum Gasteiger partial charge on any atom is -0.351 e. The van der Waals surface area contributed by atoms with Gasteiger partial charge in [0, 0.05) is 54.8 Å².